The Morgan fingerprint density at radius 3 is 2.64 bits per heavy atom. The predicted octanol–water partition coefficient (Wildman–Crippen LogP) is -0.638. The molecule has 1 heterocycles. The van der Waals surface area contributed by atoms with Crippen molar-refractivity contribution < 1.29 is 13.2 Å². The second kappa shape index (κ2) is 7.40. The van der Waals surface area contributed by atoms with Crippen molar-refractivity contribution >= 4 is 28.3 Å². The number of carbonyl (C=O) groups excluding carboxylic acids is 1. The van der Waals surface area contributed by atoms with Crippen molar-refractivity contribution in [3.63, 3.8) is 0 Å². The minimum atomic E-state index is -3.76. The van der Waals surface area contributed by atoms with Crippen LogP contribution in [0.25, 0.3) is 0 Å². The molecule has 2 rings (SSSR count). The molecule has 0 spiro atoms. The third-order valence-electron chi connectivity index (χ3n) is 3.49. The SMILES string of the molecule is CC(NS(=O)(=O)c1cnn(C)c1)C(=O)NC(CN)C1CC1.Cl. The molecule has 2 atom stereocenters. The van der Waals surface area contributed by atoms with E-state index in [1.54, 1.807) is 7.05 Å². The van der Waals surface area contributed by atoms with Gasteiger partial charge < -0.3 is 11.1 Å². The van der Waals surface area contributed by atoms with Gasteiger partial charge in [0.15, 0.2) is 0 Å². The molecule has 1 fully saturated rings. The van der Waals surface area contributed by atoms with Crippen LogP contribution < -0.4 is 15.8 Å². The number of halogens is 1. The third kappa shape index (κ3) is 4.67. The van der Waals surface area contributed by atoms with Crippen molar-refractivity contribution in [3.05, 3.63) is 12.4 Å². The number of rotatable bonds is 7. The molecule has 1 aliphatic rings. The molecule has 0 aliphatic heterocycles. The first kappa shape index (κ1) is 18.9. The Kier molecular flexibility index (Phi) is 6.36. The molecule has 10 heteroatoms. The number of amides is 1. The summed E-state index contributed by atoms with van der Waals surface area (Å²) in [5, 5.41) is 6.60. The molecule has 0 saturated heterocycles. The Labute approximate surface area is 136 Å². The number of aryl methyl sites for hydroxylation is 1. The van der Waals surface area contributed by atoms with Crippen molar-refractivity contribution in [1.29, 1.82) is 0 Å². The molecule has 1 saturated carbocycles. The number of hydrogen-bond donors (Lipinski definition) is 3. The standard InChI is InChI=1S/C12H21N5O3S.ClH/c1-8(12(18)15-11(5-13)9-3-4-9)16-21(19,20)10-6-14-17(2)7-10;/h6-9,11,16H,3-5,13H2,1-2H3,(H,15,18);1H. The first-order valence-electron chi connectivity index (χ1n) is 6.85. The molecule has 126 valence electrons. The fourth-order valence-electron chi connectivity index (χ4n) is 2.07. The minimum Gasteiger partial charge on any atom is -0.350 e. The molecule has 1 aromatic heterocycles. The van der Waals surface area contributed by atoms with Crippen molar-refractivity contribution in [3.8, 4) is 0 Å². The highest BCUT2D eigenvalue weighted by Crippen LogP contribution is 2.32. The molecule has 0 aromatic carbocycles. The van der Waals surface area contributed by atoms with Gasteiger partial charge in [0.2, 0.25) is 15.9 Å². The lowest BCUT2D eigenvalue weighted by Crippen LogP contribution is -2.50. The normalized spacial score (nSPS) is 17.4. The average Bonchev–Trinajstić information content (AvgIpc) is 3.16. The molecule has 0 radical (unpaired) electrons. The first-order valence-corrected chi connectivity index (χ1v) is 8.33. The lowest BCUT2D eigenvalue weighted by atomic mass is 10.2. The van der Waals surface area contributed by atoms with Gasteiger partial charge in [-0.2, -0.15) is 9.82 Å². The van der Waals surface area contributed by atoms with Crippen LogP contribution in [0.2, 0.25) is 0 Å². The molecule has 8 nitrogen and oxygen atoms in total. The largest absolute Gasteiger partial charge is 0.350 e. The second-order valence-electron chi connectivity index (χ2n) is 5.38. The van der Waals surface area contributed by atoms with Crippen LogP contribution in [0.4, 0.5) is 0 Å². The highest BCUT2D eigenvalue weighted by atomic mass is 35.5. The van der Waals surface area contributed by atoms with E-state index in [-0.39, 0.29) is 29.3 Å². The summed E-state index contributed by atoms with van der Waals surface area (Å²) >= 11 is 0. The van der Waals surface area contributed by atoms with Gasteiger partial charge in [0, 0.05) is 25.8 Å². The van der Waals surface area contributed by atoms with Gasteiger partial charge in [-0.15, -0.1) is 12.4 Å². The topological polar surface area (TPSA) is 119 Å². The Morgan fingerprint density at radius 2 is 2.18 bits per heavy atom. The van der Waals surface area contributed by atoms with E-state index >= 15 is 0 Å². The van der Waals surface area contributed by atoms with Crippen LogP contribution in [0, 0.1) is 5.92 Å². The zero-order valence-electron chi connectivity index (χ0n) is 12.5. The van der Waals surface area contributed by atoms with E-state index in [4.69, 9.17) is 5.73 Å². The van der Waals surface area contributed by atoms with Crippen LogP contribution in [0.1, 0.15) is 19.8 Å². The van der Waals surface area contributed by atoms with Crippen LogP contribution in [0.15, 0.2) is 17.3 Å². The maximum Gasteiger partial charge on any atom is 0.244 e. The second-order valence-corrected chi connectivity index (χ2v) is 7.09. The number of hydrogen-bond acceptors (Lipinski definition) is 5. The summed E-state index contributed by atoms with van der Waals surface area (Å²) < 4.78 is 27.9. The lowest BCUT2D eigenvalue weighted by Gasteiger charge is -2.19. The van der Waals surface area contributed by atoms with Gasteiger partial charge in [0.1, 0.15) is 4.90 Å². The number of aromatic nitrogens is 2. The number of nitrogens with zero attached hydrogens (tertiary/aromatic N) is 2. The molecule has 4 N–H and O–H groups in total. The third-order valence-corrected chi connectivity index (χ3v) is 4.98. The molecular weight excluding hydrogens is 330 g/mol. The van der Waals surface area contributed by atoms with E-state index in [1.165, 1.54) is 24.0 Å². The Hall–Kier alpha value is -1.16. The first-order chi connectivity index (χ1) is 9.83. The fourth-order valence-corrected chi connectivity index (χ4v) is 3.25. The van der Waals surface area contributed by atoms with Gasteiger partial charge in [0.05, 0.1) is 12.2 Å². The molecule has 1 amide bonds. The van der Waals surface area contributed by atoms with Crippen LogP contribution in [-0.2, 0) is 21.9 Å². The summed E-state index contributed by atoms with van der Waals surface area (Å²) in [7, 11) is -2.13. The van der Waals surface area contributed by atoms with Crippen molar-refractivity contribution in [1.82, 2.24) is 19.8 Å². The fraction of sp³-hybridized carbons (Fsp3) is 0.667. The van der Waals surface area contributed by atoms with Gasteiger partial charge in [-0.3, -0.25) is 9.48 Å². The highest BCUT2D eigenvalue weighted by Gasteiger charge is 2.32. The van der Waals surface area contributed by atoms with E-state index in [9.17, 15) is 13.2 Å². The number of nitrogens with two attached hydrogens (primary N) is 1. The summed E-state index contributed by atoms with van der Waals surface area (Å²) in [6, 6.07) is -0.953. The maximum atomic E-state index is 12.1. The van der Waals surface area contributed by atoms with Crippen molar-refractivity contribution in [2.24, 2.45) is 18.7 Å². The van der Waals surface area contributed by atoms with Gasteiger partial charge in [-0.25, -0.2) is 8.42 Å². The van der Waals surface area contributed by atoms with E-state index in [2.05, 4.69) is 15.1 Å². The van der Waals surface area contributed by atoms with Crippen LogP contribution >= 0.6 is 12.4 Å². The predicted molar refractivity (Wildman–Crippen MR) is 83.9 cm³/mol. The Balaban J connectivity index is 0.00000242. The van der Waals surface area contributed by atoms with Crippen molar-refractivity contribution in [2.45, 2.75) is 36.7 Å². The molecular formula is C12H22ClN5O3S. The van der Waals surface area contributed by atoms with Gasteiger partial charge in [-0.1, -0.05) is 0 Å². The maximum absolute atomic E-state index is 12.1. The average molecular weight is 352 g/mol. The Morgan fingerprint density at radius 1 is 1.55 bits per heavy atom. The Bertz CT molecular complexity index is 614. The number of sulfonamides is 1. The van der Waals surface area contributed by atoms with E-state index in [0.717, 1.165) is 12.8 Å². The van der Waals surface area contributed by atoms with Crippen LogP contribution in [0.5, 0.6) is 0 Å². The van der Waals surface area contributed by atoms with Crippen LogP contribution in [-0.4, -0.2) is 42.7 Å². The summed E-state index contributed by atoms with van der Waals surface area (Å²) in [6.07, 6.45) is 4.72. The van der Waals surface area contributed by atoms with E-state index in [0.29, 0.717) is 12.5 Å². The summed E-state index contributed by atoms with van der Waals surface area (Å²) in [5.74, 6) is 0.0471. The van der Waals surface area contributed by atoms with E-state index < -0.39 is 16.1 Å². The quantitative estimate of drug-likeness (QED) is 0.603. The number of nitrogens with one attached hydrogen (secondary N) is 2. The number of carbonyl (C=O) groups is 1. The minimum absolute atomic E-state index is 0. The summed E-state index contributed by atoms with van der Waals surface area (Å²) in [5.41, 5.74) is 5.62. The highest BCUT2D eigenvalue weighted by molar-refractivity contribution is 7.89. The van der Waals surface area contributed by atoms with Gasteiger partial charge in [0.25, 0.3) is 0 Å². The molecule has 0 bridgehead atoms. The molecule has 1 aromatic rings. The summed E-state index contributed by atoms with van der Waals surface area (Å²) in [6.45, 7) is 1.86. The zero-order valence-corrected chi connectivity index (χ0v) is 14.2. The van der Waals surface area contributed by atoms with Gasteiger partial charge in [-0.05, 0) is 25.7 Å². The van der Waals surface area contributed by atoms with Crippen molar-refractivity contribution in [2.75, 3.05) is 6.54 Å². The van der Waals surface area contributed by atoms with Gasteiger partial charge >= 0.3 is 0 Å². The van der Waals surface area contributed by atoms with Crippen LogP contribution in [0.3, 0.4) is 0 Å². The smallest absolute Gasteiger partial charge is 0.244 e. The zero-order chi connectivity index (χ0) is 15.6. The molecule has 1 aliphatic carbocycles. The lowest BCUT2D eigenvalue weighted by molar-refractivity contribution is -0.123. The summed E-state index contributed by atoms with van der Waals surface area (Å²) in [4.78, 5) is 12.1. The molecule has 2 unspecified atom stereocenters. The molecule has 22 heavy (non-hydrogen) atoms. The van der Waals surface area contributed by atoms with E-state index in [1.807, 2.05) is 0 Å². The monoisotopic (exact) mass is 351 g/mol.